The molecule has 0 unspecified atom stereocenters. The molecule has 2 aromatic heterocycles. The van der Waals surface area contributed by atoms with Gasteiger partial charge in [-0.15, -0.1) is 0 Å². The molecule has 7 heteroatoms. The second-order valence-electron chi connectivity index (χ2n) is 9.89. The summed E-state index contributed by atoms with van der Waals surface area (Å²) < 4.78 is 19.0. The minimum Gasteiger partial charge on any atom is -0.481 e. The molecule has 4 aromatic rings. The number of likely N-dealkylation sites (tertiary alicyclic amines) is 1. The lowest BCUT2D eigenvalue weighted by Crippen LogP contribution is -2.41. The first-order valence-corrected chi connectivity index (χ1v) is 12.9. The van der Waals surface area contributed by atoms with Crippen LogP contribution in [0.15, 0.2) is 67.0 Å². The second kappa shape index (κ2) is 10.2. The molecule has 37 heavy (non-hydrogen) atoms. The molecule has 2 aliphatic rings. The highest BCUT2D eigenvalue weighted by atomic mass is 16.7. The third-order valence-corrected chi connectivity index (χ3v) is 7.53. The Balaban J connectivity index is 1.02. The van der Waals surface area contributed by atoms with E-state index in [9.17, 15) is 4.79 Å². The third kappa shape index (κ3) is 4.99. The lowest BCUT2D eigenvalue weighted by molar-refractivity contribution is -0.134. The number of benzene rings is 2. The number of hydrogen-bond acceptors (Lipinski definition) is 5. The van der Waals surface area contributed by atoms with Gasteiger partial charge >= 0.3 is 0 Å². The van der Waals surface area contributed by atoms with Crippen LogP contribution in [0.3, 0.4) is 0 Å². The maximum atomic E-state index is 12.9. The summed E-state index contributed by atoms with van der Waals surface area (Å²) in [4.78, 5) is 19.4. The van der Waals surface area contributed by atoms with Crippen molar-refractivity contribution in [2.45, 2.75) is 25.7 Å². The smallest absolute Gasteiger partial charge is 0.260 e. The summed E-state index contributed by atoms with van der Waals surface area (Å²) >= 11 is 0. The summed E-state index contributed by atoms with van der Waals surface area (Å²) in [6.45, 7) is 1.88. The first-order chi connectivity index (χ1) is 18.1. The van der Waals surface area contributed by atoms with Gasteiger partial charge in [0.1, 0.15) is 11.4 Å². The molecule has 4 heterocycles. The van der Waals surface area contributed by atoms with E-state index in [1.807, 2.05) is 42.4 Å². The zero-order valence-electron chi connectivity index (χ0n) is 21.1. The molecule has 0 aliphatic carbocycles. The minimum atomic E-state index is 0.0220. The number of aromatic nitrogens is 2. The number of amides is 1. The number of piperidine rings is 1. The molecule has 0 bridgehead atoms. The largest absolute Gasteiger partial charge is 0.481 e. The number of fused-ring (bicyclic) bond motifs is 2. The van der Waals surface area contributed by atoms with Gasteiger partial charge in [0.05, 0.1) is 0 Å². The predicted octanol–water partition coefficient (Wildman–Crippen LogP) is 5.22. The molecule has 0 saturated carbocycles. The summed E-state index contributed by atoms with van der Waals surface area (Å²) in [7, 11) is 2.03. The summed E-state index contributed by atoms with van der Waals surface area (Å²) in [6.07, 6.45) is 7.97. The van der Waals surface area contributed by atoms with Gasteiger partial charge in [0.25, 0.3) is 5.91 Å². The van der Waals surface area contributed by atoms with E-state index in [1.165, 1.54) is 5.56 Å². The number of aryl methyl sites for hydroxylation is 2. The van der Waals surface area contributed by atoms with Crippen molar-refractivity contribution in [2.24, 2.45) is 13.0 Å². The minimum absolute atomic E-state index is 0.0220. The van der Waals surface area contributed by atoms with E-state index in [1.54, 1.807) is 6.20 Å². The lowest BCUT2D eigenvalue weighted by atomic mass is 9.90. The average Bonchev–Trinajstić information content (AvgIpc) is 3.56. The van der Waals surface area contributed by atoms with Crippen molar-refractivity contribution >= 4 is 16.8 Å². The maximum Gasteiger partial charge on any atom is 0.260 e. The van der Waals surface area contributed by atoms with Crippen LogP contribution in [0.5, 0.6) is 17.2 Å². The Labute approximate surface area is 216 Å². The van der Waals surface area contributed by atoms with Gasteiger partial charge in [-0.25, -0.2) is 0 Å². The first-order valence-electron chi connectivity index (χ1n) is 12.9. The van der Waals surface area contributed by atoms with E-state index < -0.39 is 0 Å². The zero-order valence-corrected chi connectivity index (χ0v) is 21.1. The topological polar surface area (TPSA) is 65.8 Å². The molecule has 2 aromatic carbocycles. The monoisotopic (exact) mass is 497 g/mol. The van der Waals surface area contributed by atoms with Crippen molar-refractivity contribution in [3.63, 3.8) is 0 Å². The molecular formula is C30H31N3O4. The highest BCUT2D eigenvalue weighted by molar-refractivity contribution is 5.86. The molecule has 2 aliphatic heterocycles. The van der Waals surface area contributed by atoms with Crippen molar-refractivity contribution in [2.75, 3.05) is 26.5 Å². The number of rotatable bonds is 7. The van der Waals surface area contributed by atoms with E-state index in [0.29, 0.717) is 18.5 Å². The first kappa shape index (κ1) is 23.4. The van der Waals surface area contributed by atoms with Gasteiger partial charge < -0.3 is 23.7 Å². The SMILES string of the molecule is Cn1ccc2cc(-c3ncccc3OCC(=O)N3CCC(CCc4ccc5c(c4)OCO5)CC3)ccc21. The van der Waals surface area contributed by atoms with Crippen molar-refractivity contribution in [3.8, 4) is 28.5 Å². The Morgan fingerprint density at radius 3 is 2.81 bits per heavy atom. The van der Waals surface area contributed by atoms with E-state index >= 15 is 0 Å². The molecule has 0 atom stereocenters. The van der Waals surface area contributed by atoms with Crippen molar-refractivity contribution in [1.82, 2.24) is 14.5 Å². The van der Waals surface area contributed by atoms with E-state index in [4.69, 9.17) is 14.2 Å². The molecule has 190 valence electrons. The number of carbonyl (C=O) groups is 1. The lowest BCUT2D eigenvalue weighted by Gasteiger charge is -2.32. The fraction of sp³-hybridized carbons (Fsp3) is 0.333. The van der Waals surface area contributed by atoms with Crippen LogP contribution in [0.1, 0.15) is 24.8 Å². The Kier molecular flexibility index (Phi) is 6.43. The van der Waals surface area contributed by atoms with E-state index in [-0.39, 0.29) is 12.5 Å². The van der Waals surface area contributed by atoms with Gasteiger partial charge in [0, 0.05) is 49.0 Å². The van der Waals surface area contributed by atoms with Gasteiger partial charge in [-0.05, 0) is 79.6 Å². The molecule has 0 N–H and O–H groups in total. The number of carbonyl (C=O) groups excluding carboxylic acids is 1. The summed E-state index contributed by atoms with van der Waals surface area (Å²) in [5, 5.41) is 1.15. The molecule has 7 nitrogen and oxygen atoms in total. The zero-order chi connectivity index (χ0) is 25.2. The van der Waals surface area contributed by atoms with Gasteiger partial charge in [0.15, 0.2) is 18.1 Å². The Morgan fingerprint density at radius 1 is 1.05 bits per heavy atom. The Hall–Kier alpha value is -4.00. The Bertz CT molecular complexity index is 1420. The van der Waals surface area contributed by atoms with Crippen LogP contribution in [0.4, 0.5) is 0 Å². The summed E-state index contributed by atoms with van der Waals surface area (Å²) in [5.74, 6) is 2.95. The number of hydrogen-bond donors (Lipinski definition) is 0. The quantitative estimate of drug-likeness (QED) is 0.350. The molecular weight excluding hydrogens is 466 g/mol. The molecule has 0 spiro atoms. The number of pyridine rings is 1. The fourth-order valence-electron chi connectivity index (χ4n) is 5.32. The fourth-order valence-corrected chi connectivity index (χ4v) is 5.32. The van der Waals surface area contributed by atoms with Gasteiger partial charge in [-0.2, -0.15) is 0 Å². The van der Waals surface area contributed by atoms with E-state index in [2.05, 4.69) is 39.9 Å². The van der Waals surface area contributed by atoms with Crippen LogP contribution < -0.4 is 14.2 Å². The van der Waals surface area contributed by atoms with Crippen LogP contribution in [0, 0.1) is 5.92 Å². The molecule has 1 saturated heterocycles. The highest BCUT2D eigenvalue weighted by Crippen LogP contribution is 2.34. The number of ether oxygens (including phenoxy) is 3. The molecule has 1 fully saturated rings. The number of nitrogens with zero attached hydrogens (tertiary/aromatic N) is 3. The van der Waals surface area contributed by atoms with Crippen molar-refractivity contribution in [1.29, 1.82) is 0 Å². The van der Waals surface area contributed by atoms with Crippen molar-refractivity contribution in [3.05, 3.63) is 72.6 Å². The van der Waals surface area contributed by atoms with Gasteiger partial charge in [0.2, 0.25) is 6.79 Å². The molecule has 1 amide bonds. The van der Waals surface area contributed by atoms with Gasteiger partial charge in [-0.3, -0.25) is 9.78 Å². The highest BCUT2D eigenvalue weighted by Gasteiger charge is 2.24. The second-order valence-corrected chi connectivity index (χ2v) is 9.89. The normalized spacial score (nSPS) is 15.3. The molecule has 0 radical (unpaired) electrons. The summed E-state index contributed by atoms with van der Waals surface area (Å²) in [5.41, 5.74) is 4.17. The third-order valence-electron chi connectivity index (χ3n) is 7.53. The van der Waals surface area contributed by atoms with Gasteiger partial charge in [-0.1, -0.05) is 12.1 Å². The van der Waals surface area contributed by atoms with Crippen LogP contribution in [0.25, 0.3) is 22.2 Å². The van der Waals surface area contributed by atoms with Crippen LogP contribution in [-0.2, 0) is 18.3 Å². The Morgan fingerprint density at radius 2 is 1.92 bits per heavy atom. The predicted molar refractivity (Wildman–Crippen MR) is 142 cm³/mol. The molecule has 6 rings (SSSR count). The van der Waals surface area contributed by atoms with Crippen LogP contribution in [0.2, 0.25) is 0 Å². The standard InChI is InChI=1S/C30H31N3O4/c1-32-14-12-23-18-24(7-8-25(23)32)30-27(3-2-13-31-30)35-19-29(34)33-15-10-21(11-16-33)4-5-22-6-9-26-28(17-22)37-20-36-26/h2-3,6-9,12-14,17-18,21H,4-5,10-11,15-16,19-20H2,1H3. The van der Waals surface area contributed by atoms with Crippen molar-refractivity contribution < 1.29 is 19.0 Å². The maximum absolute atomic E-state index is 12.9. The van der Waals surface area contributed by atoms with Crippen LogP contribution >= 0.6 is 0 Å². The summed E-state index contributed by atoms with van der Waals surface area (Å²) in [6, 6.07) is 18.3. The average molecular weight is 498 g/mol. The van der Waals surface area contributed by atoms with E-state index in [0.717, 1.165) is 72.4 Å². The van der Waals surface area contributed by atoms with Crippen LogP contribution in [-0.4, -0.2) is 46.8 Å².